The summed E-state index contributed by atoms with van der Waals surface area (Å²) in [5, 5.41) is 0. The van der Waals surface area contributed by atoms with E-state index in [4.69, 9.17) is 14.2 Å². The number of hydrogen-bond donors (Lipinski definition) is 0. The van der Waals surface area contributed by atoms with Gasteiger partial charge in [0.2, 0.25) is 5.91 Å². The van der Waals surface area contributed by atoms with E-state index >= 15 is 0 Å². The first kappa shape index (κ1) is 15.2. The standard InChI is InChI=1S/C18H19NO4/c1-19(14-7-8-16-17(12-14)23-10-9-22-16)18(20)11-13-5-3-4-6-15(13)21-2/h3-8,12H,9-11H2,1-2H3. The number of rotatable bonds is 4. The maximum absolute atomic E-state index is 12.5. The van der Waals surface area contributed by atoms with Crippen LogP contribution in [0.15, 0.2) is 42.5 Å². The van der Waals surface area contributed by atoms with Crippen LogP contribution in [0.4, 0.5) is 5.69 Å². The summed E-state index contributed by atoms with van der Waals surface area (Å²) < 4.78 is 16.4. The summed E-state index contributed by atoms with van der Waals surface area (Å²) in [6, 6.07) is 13.0. The number of nitrogens with zero attached hydrogens (tertiary/aromatic N) is 1. The number of hydrogen-bond acceptors (Lipinski definition) is 4. The Labute approximate surface area is 135 Å². The van der Waals surface area contributed by atoms with E-state index in [9.17, 15) is 4.79 Å². The summed E-state index contributed by atoms with van der Waals surface area (Å²) in [5.41, 5.74) is 1.64. The zero-order valence-electron chi connectivity index (χ0n) is 13.2. The van der Waals surface area contributed by atoms with Gasteiger partial charge in [-0.15, -0.1) is 0 Å². The average molecular weight is 313 g/mol. The van der Waals surface area contributed by atoms with Crippen molar-refractivity contribution >= 4 is 11.6 Å². The molecule has 0 saturated heterocycles. The molecule has 1 aliphatic rings. The van der Waals surface area contributed by atoms with Crippen LogP contribution in [0, 0.1) is 0 Å². The number of ether oxygens (including phenoxy) is 3. The molecule has 0 bridgehead atoms. The van der Waals surface area contributed by atoms with E-state index in [2.05, 4.69) is 0 Å². The second-order valence-electron chi connectivity index (χ2n) is 5.27. The van der Waals surface area contributed by atoms with Crippen molar-refractivity contribution in [2.24, 2.45) is 0 Å². The molecule has 1 aliphatic heterocycles. The van der Waals surface area contributed by atoms with E-state index in [1.54, 1.807) is 19.1 Å². The summed E-state index contributed by atoms with van der Waals surface area (Å²) in [5.74, 6) is 2.08. The van der Waals surface area contributed by atoms with Crippen LogP contribution < -0.4 is 19.1 Å². The first-order valence-electron chi connectivity index (χ1n) is 7.47. The van der Waals surface area contributed by atoms with Crippen LogP contribution in [-0.4, -0.2) is 33.3 Å². The zero-order chi connectivity index (χ0) is 16.2. The van der Waals surface area contributed by atoms with E-state index in [-0.39, 0.29) is 12.3 Å². The van der Waals surface area contributed by atoms with Crippen molar-refractivity contribution in [3.63, 3.8) is 0 Å². The number of amides is 1. The lowest BCUT2D eigenvalue weighted by Crippen LogP contribution is -2.28. The molecule has 1 amide bonds. The van der Waals surface area contributed by atoms with Crippen molar-refractivity contribution in [1.82, 2.24) is 0 Å². The van der Waals surface area contributed by atoms with Crippen LogP contribution in [-0.2, 0) is 11.2 Å². The highest BCUT2D eigenvalue weighted by Crippen LogP contribution is 2.34. The summed E-state index contributed by atoms with van der Waals surface area (Å²) in [7, 11) is 3.36. The largest absolute Gasteiger partial charge is 0.496 e. The Balaban J connectivity index is 1.77. The minimum atomic E-state index is -0.0221. The van der Waals surface area contributed by atoms with Crippen molar-refractivity contribution in [1.29, 1.82) is 0 Å². The molecule has 5 nitrogen and oxygen atoms in total. The molecule has 0 spiro atoms. The lowest BCUT2D eigenvalue weighted by Gasteiger charge is -2.22. The number of para-hydroxylation sites is 1. The van der Waals surface area contributed by atoms with E-state index in [0.29, 0.717) is 24.7 Å². The minimum absolute atomic E-state index is 0.0221. The van der Waals surface area contributed by atoms with Gasteiger partial charge in [-0.25, -0.2) is 0 Å². The molecule has 0 saturated carbocycles. The predicted molar refractivity (Wildman–Crippen MR) is 87.5 cm³/mol. The van der Waals surface area contributed by atoms with Crippen LogP contribution in [0.5, 0.6) is 17.2 Å². The summed E-state index contributed by atoms with van der Waals surface area (Å²) in [6.07, 6.45) is 0.273. The summed E-state index contributed by atoms with van der Waals surface area (Å²) in [4.78, 5) is 14.2. The molecule has 0 fully saturated rings. The topological polar surface area (TPSA) is 48.0 Å². The quantitative estimate of drug-likeness (QED) is 0.871. The van der Waals surface area contributed by atoms with Gasteiger partial charge in [0.25, 0.3) is 0 Å². The van der Waals surface area contributed by atoms with Gasteiger partial charge in [0, 0.05) is 24.4 Å². The highest BCUT2D eigenvalue weighted by Gasteiger charge is 2.17. The van der Waals surface area contributed by atoms with Crippen molar-refractivity contribution in [3.05, 3.63) is 48.0 Å². The Hall–Kier alpha value is -2.69. The summed E-state index contributed by atoms with van der Waals surface area (Å²) >= 11 is 0. The zero-order valence-corrected chi connectivity index (χ0v) is 13.2. The van der Waals surface area contributed by atoms with Gasteiger partial charge in [0.15, 0.2) is 11.5 Å². The van der Waals surface area contributed by atoms with Gasteiger partial charge in [0.05, 0.1) is 13.5 Å². The third-order valence-corrected chi connectivity index (χ3v) is 3.82. The van der Waals surface area contributed by atoms with Crippen molar-refractivity contribution < 1.29 is 19.0 Å². The van der Waals surface area contributed by atoms with Gasteiger partial charge < -0.3 is 19.1 Å². The van der Waals surface area contributed by atoms with Gasteiger partial charge in [-0.1, -0.05) is 18.2 Å². The van der Waals surface area contributed by atoms with Crippen LogP contribution in [0.25, 0.3) is 0 Å². The molecule has 23 heavy (non-hydrogen) atoms. The van der Waals surface area contributed by atoms with Crippen LogP contribution in [0.2, 0.25) is 0 Å². The monoisotopic (exact) mass is 313 g/mol. The second-order valence-corrected chi connectivity index (χ2v) is 5.27. The van der Waals surface area contributed by atoms with E-state index < -0.39 is 0 Å². The van der Waals surface area contributed by atoms with Crippen LogP contribution in [0.3, 0.4) is 0 Å². The Morgan fingerprint density at radius 1 is 1.13 bits per heavy atom. The first-order chi connectivity index (χ1) is 11.2. The molecule has 0 aromatic heterocycles. The van der Waals surface area contributed by atoms with Gasteiger partial charge in [-0.05, 0) is 18.2 Å². The maximum Gasteiger partial charge on any atom is 0.231 e. The first-order valence-corrected chi connectivity index (χ1v) is 7.47. The highest BCUT2D eigenvalue weighted by atomic mass is 16.6. The van der Waals surface area contributed by atoms with Gasteiger partial charge in [-0.2, -0.15) is 0 Å². The van der Waals surface area contributed by atoms with Crippen LogP contribution in [0.1, 0.15) is 5.56 Å². The van der Waals surface area contributed by atoms with E-state index in [1.807, 2.05) is 42.5 Å². The average Bonchev–Trinajstić information content (AvgIpc) is 2.61. The molecule has 3 rings (SSSR count). The Bertz CT molecular complexity index is 714. The number of carbonyl (C=O) groups excluding carboxylic acids is 1. The SMILES string of the molecule is COc1ccccc1CC(=O)N(C)c1ccc2c(c1)OCCO2. The lowest BCUT2D eigenvalue weighted by atomic mass is 10.1. The van der Waals surface area contributed by atoms with Crippen molar-refractivity contribution in [2.45, 2.75) is 6.42 Å². The smallest absolute Gasteiger partial charge is 0.231 e. The fourth-order valence-corrected chi connectivity index (χ4v) is 2.52. The highest BCUT2D eigenvalue weighted by molar-refractivity contribution is 5.94. The van der Waals surface area contributed by atoms with E-state index in [1.165, 1.54) is 0 Å². The number of carbonyl (C=O) groups is 1. The Morgan fingerprint density at radius 2 is 1.87 bits per heavy atom. The lowest BCUT2D eigenvalue weighted by molar-refractivity contribution is -0.117. The Morgan fingerprint density at radius 3 is 2.65 bits per heavy atom. The summed E-state index contributed by atoms with van der Waals surface area (Å²) in [6.45, 7) is 1.07. The third kappa shape index (κ3) is 3.23. The number of benzene rings is 2. The number of fused-ring (bicyclic) bond motifs is 1. The van der Waals surface area contributed by atoms with E-state index in [0.717, 1.165) is 17.0 Å². The van der Waals surface area contributed by atoms with Crippen molar-refractivity contribution in [2.75, 3.05) is 32.3 Å². The number of anilines is 1. The fourth-order valence-electron chi connectivity index (χ4n) is 2.52. The molecule has 0 atom stereocenters. The molecule has 2 aromatic rings. The predicted octanol–water partition coefficient (Wildman–Crippen LogP) is 2.67. The molecule has 120 valence electrons. The molecule has 1 heterocycles. The molecule has 0 unspecified atom stereocenters. The van der Waals surface area contributed by atoms with Gasteiger partial charge in [0.1, 0.15) is 19.0 Å². The molecule has 0 N–H and O–H groups in total. The maximum atomic E-state index is 12.5. The fraction of sp³-hybridized carbons (Fsp3) is 0.278. The molecular weight excluding hydrogens is 294 g/mol. The molecule has 2 aromatic carbocycles. The number of likely N-dealkylation sites (N-methyl/N-ethyl adjacent to an activating group) is 1. The molecular formula is C18H19NO4. The minimum Gasteiger partial charge on any atom is -0.496 e. The molecule has 0 aliphatic carbocycles. The second kappa shape index (κ2) is 6.60. The third-order valence-electron chi connectivity index (χ3n) is 3.82. The normalized spacial score (nSPS) is 12.6. The van der Waals surface area contributed by atoms with Gasteiger partial charge in [-0.3, -0.25) is 4.79 Å². The van der Waals surface area contributed by atoms with Crippen molar-refractivity contribution in [3.8, 4) is 17.2 Å². The molecule has 5 heteroatoms. The van der Waals surface area contributed by atoms with Gasteiger partial charge >= 0.3 is 0 Å². The molecule has 0 radical (unpaired) electrons. The van der Waals surface area contributed by atoms with Crippen LogP contribution >= 0.6 is 0 Å². The Kier molecular flexibility index (Phi) is 4.37. The number of methoxy groups -OCH3 is 1.